The van der Waals surface area contributed by atoms with Crippen LogP contribution in [0.25, 0.3) is 16.6 Å². The van der Waals surface area contributed by atoms with E-state index in [4.69, 9.17) is 16.6 Å². The van der Waals surface area contributed by atoms with Crippen molar-refractivity contribution in [2.24, 2.45) is 11.8 Å². The highest BCUT2D eigenvalue weighted by molar-refractivity contribution is 7.99. The number of rotatable bonds is 8. The summed E-state index contributed by atoms with van der Waals surface area (Å²) in [5, 5.41) is 1.43. The Hall–Kier alpha value is -2.31. The second-order valence-electron chi connectivity index (χ2n) is 8.38. The van der Waals surface area contributed by atoms with Gasteiger partial charge in [0, 0.05) is 13.1 Å². The van der Waals surface area contributed by atoms with Crippen LogP contribution in [0.1, 0.15) is 27.7 Å². The van der Waals surface area contributed by atoms with Crippen LogP contribution >= 0.6 is 23.4 Å². The third-order valence-corrected chi connectivity index (χ3v) is 5.93. The van der Waals surface area contributed by atoms with E-state index in [1.807, 2.05) is 35.2 Å². The van der Waals surface area contributed by atoms with Crippen molar-refractivity contribution < 1.29 is 4.79 Å². The molecule has 3 rings (SSSR count). The fourth-order valence-corrected chi connectivity index (χ4v) is 4.56. The van der Waals surface area contributed by atoms with E-state index in [2.05, 4.69) is 27.7 Å². The molecule has 0 spiro atoms. The molecule has 5 nitrogen and oxygen atoms in total. The largest absolute Gasteiger partial charge is 0.341 e. The number of benzene rings is 2. The van der Waals surface area contributed by atoms with E-state index in [0.717, 1.165) is 0 Å². The summed E-state index contributed by atoms with van der Waals surface area (Å²) in [4.78, 5) is 32.9. The molecular formula is C24H28ClN3O2S. The van der Waals surface area contributed by atoms with E-state index in [9.17, 15) is 9.59 Å². The number of para-hydroxylation sites is 2. The molecule has 164 valence electrons. The van der Waals surface area contributed by atoms with Crippen LogP contribution in [0, 0.1) is 11.8 Å². The summed E-state index contributed by atoms with van der Waals surface area (Å²) in [5.41, 5.74) is 0.963. The highest BCUT2D eigenvalue weighted by Gasteiger charge is 2.20. The van der Waals surface area contributed by atoms with E-state index in [1.165, 1.54) is 16.3 Å². The number of nitrogens with zero attached hydrogens (tertiary/aromatic N) is 3. The van der Waals surface area contributed by atoms with E-state index in [1.54, 1.807) is 18.2 Å². The molecule has 0 saturated carbocycles. The van der Waals surface area contributed by atoms with E-state index in [0.29, 0.717) is 51.7 Å². The third kappa shape index (κ3) is 5.69. The first-order valence-electron chi connectivity index (χ1n) is 10.4. The fourth-order valence-electron chi connectivity index (χ4n) is 3.43. The van der Waals surface area contributed by atoms with Crippen molar-refractivity contribution in [2.45, 2.75) is 32.9 Å². The summed E-state index contributed by atoms with van der Waals surface area (Å²) in [6.45, 7) is 9.84. The van der Waals surface area contributed by atoms with Gasteiger partial charge in [0.1, 0.15) is 0 Å². The molecule has 1 amide bonds. The zero-order valence-electron chi connectivity index (χ0n) is 18.3. The van der Waals surface area contributed by atoms with Gasteiger partial charge in [0.25, 0.3) is 5.56 Å². The van der Waals surface area contributed by atoms with Crippen molar-refractivity contribution in [2.75, 3.05) is 18.8 Å². The normalized spacial score (nSPS) is 11.5. The van der Waals surface area contributed by atoms with Crippen molar-refractivity contribution in [1.29, 1.82) is 0 Å². The number of amides is 1. The number of thioether (sulfide) groups is 1. The number of aromatic nitrogens is 2. The highest BCUT2D eigenvalue weighted by atomic mass is 35.5. The van der Waals surface area contributed by atoms with Gasteiger partial charge in [0.05, 0.1) is 27.4 Å². The minimum atomic E-state index is -0.199. The Kier molecular flexibility index (Phi) is 7.79. The Labute approximate surface area is 192 Å². The molecule has 0 aliphatic carbocycles. The minimum absolute atomic E-state index is 0.0421. The van der Waals surface area contributed by atoms with Crippen molar-refractivity contribution in [3.63, 3.8) is 0 Å². The van der Waals surface area contributed by atoms with Gasteiger partial charge in [0.2, 0.25) is 5.91 Å². The molecule has 0 unspecified atom stereocenters. The average Bonchev–Trinajstić information content (AvgIpc) is 2.72. The Bertz CT molecular complexity index is 1120. The minimum Gasteiger partial charge on any atom is -0.341 e. The van der Waals surface area contributed by atoms with Crippen LogP contribution in [0.3, 0.4) is 0 Å². The van der Waals surface area contributed by atoms with Crippen LogP contribution < -0.4 is 5.56 Å². The lowest BCUT2D eigenvalue weighted by atomic mass is 10.1. The van der Waals surface area contributed by atoms with E-state index < -0.39 is 0 Å². The molecule has 1 heterocycles. The van der Waals surface area contributed by atoms with Gasteiger partial charge in [-0.15, -0.1) is 0 Å². The van der Waals surface area contributed by atoms with Crippen molar-refractivity contribution in [1.82, 2.24) is 14.5 Å². The predicted octanol–water partition coefficient (Wildman–Crippen LogP) is 5.27. The maximum Gasteiger partial charge on any atom is 0.266 e. The zero-order chi connectivity index (χ0) is 22.5. The summed E-state index contributed by atoms with van der Waals surface area (Å²) >= 11 is 7.68. The van der Waals surface area contributed by atoms with Crippen molar-refractivity contribution in [3.05, 3.63) is 63.9 Å². The van der Waals surface area contributed by atoms with Crippen LogP contribution in [0.2, 0.25) is 5.02 Å². The molecule has 0 N–H and O–H groups in total. The number of halogens is 1. The van der Waals surface area contributed by atoms with Gasteiger partial charge in [-0.1, -0.05) is 75.3 Å². The lowest BCUT2D eigenvalue weighted by Gasteiger charge is -2.26. The van der Waals surface area contributed by atoms with Crippen LogP contribution in [0.15, 0.2) is 58.5 Å². The highest BCUT2D eigenvalue weighted by Crippen LogP contribution is 2.26. The van der Waals surface area contributed by atoms with Crippen LogP contribution in [0.5, 0.6) is 0 Å². The lowest BCUT2D eigenvalue weighted by molar-refractivity contribution is -0.129. The Balaban J connectivity index is 1.99. The van der Waals surface area contributed by atoms with Gasteiger partial charge in [-0.05, 0) is 36.1 Å². The summed E-state index contributed by atoms with van der Waals surface area (Å²) in [5.74, 6) is 1.01. The van der Waals surface area contributed by atoms with E-state index >= 15 is 0 Å². The Morgan fingerprint density at radius 2 is 1.65 bits per heavy atom. The Morgan fingerprint density at radius 3 is 2.29 bits per heavy atom. The molecule has 0 aliphatic heterocycles. The molecular weight excluding hydrogens is 430 g/mol. The van der Waals surface area contributed by atoms with Gasteiger partial charge < -0.3 is 4.90 Å². The van der Waals surface area contributed by atoms with Crippen LogP contribution in [-0.4, -0.2) is 39.2 Å². The second-order valence-corrected chi connectivity index (χ2v) is 9.73. The number of hydrogen-bond acceptors (Lipinski definition) is 4. The standard InChI is InChI=1S/C24H28ClN3O2S/c1-16(2)13-27(14-17(3)4)22(29)15-31-24-26-20-11-7-5-9-18(20)23(30)28(24)21-12-8-6-10-19(21)25/h5-12,16-17H,13-15H2,1-4H3. The smallest absolute Gasteiger partial charge is 0.266 e. The summed E-state index contributed by atoms with van der Waals surface area (Å²) < 4.78 is 1.51. The zero-order valence-corrected chi connectivity index (χ0v) is 19.9. The molecule has 0 bridgehead atoms. The summed E-state index contributed by atoms with van der Waals surface area (Å²) in [7, 11) is 0. The average molecular weight is 458 g/mol. The topological polar surface area (TPSA) is 55.2 Å². The maximum absolute atomic E-state index is 13.3. The van der Waals surface area contributed by atoms with Gasteiger partial charge in [-0.25, -0.2) is 4.98 Å². The molecule has 2 aromatic carbocycles. The van der Waals surface area contributed by atoms with Gasteiger partial charge in [0.15, 0.2) is 5.16 Å². The van der Waals surface area contributed by atoms with Gasteiger partial charge >= 0.3 is 0 Å². The van der Waals surface area contributed by atoms with Gasteiger partial charge in [-0.3, -0.25) is 14.2 Å². The van der Waals surface area contributed by atoms with Crippen LogP contribution in [0.4, 0.5) is 0 Å². The number of carbonyl (C=O) groups is 1. The van der Waals surface area contributed by atoms with E-state index in [-0.39, 0.29) is 17.2 Å². The molecule has 3 aromatic rings. The van der Waals surface area contributed by atoms with Gasteiger partial charge in [-0.2, -0.15) is 0 Å². The third-order valence-electron chi connectivity index (χ3n) is 4.69. The second kappa shape index (κ2) is 10.3. The predicted molar refractivity (Wildman–Crippen MR) is 129 cm³/mol. The molecule has 0 radical (unpaired) electrons. The van der Waals surface area contributed by atoms with Crippen LogP contribution in [-0.2, 0) is 4.79 Å². The first-order chi connectivity index (χ1) is 14.8. The molecule has 0 fully saturated rings. The lowest BCUT2D eigenvalue weighted by Crippen LogP contribution is -2.38. The quantitative estimate of drug-likeness (QED) is 0.341. The molecule has 7 heteroatoms. The molecule has 0 saturated heterocycles. The van der Waals surface area contributed by atoms with Crippen molar-refractivity contribution in [3.8, 4) is 5.69 Å². The Morgan fingerprint density at radius 1 is 1.03 bits per heavy atom. The molecule has 0 aliphatic rings. The SMILES string of the molecule is CC(C)CN(CC(C)C)C(=O)CSc1nc2ccccc2c(=O)n1-c1ccccc1Cl. The number of hydrogen-bond donors (Lipinski definition) is 0. The molecule has 1 aromatic heterocycles. The first-order valence-corrected chi connectivity index (χ1v) is 11.8. The molecule has 31 heavy (non-hydrogen) atoms. The summed E-state index contributed by atoms with van der Waals surface area (Å²) in [6.07, 6.45) is 0. The van der Waals surface area contributed by atoms with Crippen molar-refractivity contribution >= 4 is 40.2 Å². The maximum atomic E-state index is 13.3. The first kappa shape index (κ1) is 23.4. The molecule has 0 atom stereocenters. The monoisotopic (exact) mass is 457 g/mol. The fraction of sp³-hybridized carbons (Fsp3) is 0.375. The summed E-state index contributed by atoms with van der Waals surface area (Å²) in [6, 6.07) is 14.4. The number of carbonyl (C=O) groups excluding carboxylic acids is 1. The number of fused-ring (bicyclic) bond motifs is 1.